The van der Waals surface area contributed by atoms with Gasteiger partial charge in [-0.25, -0.2) is 0 Å². The van der Waals surface area contributed by atoms with Crippen molar-refractivity contribution in [2.75, 3.05) is 13.2 Å². The number of nitrogens with zero attached hydrogens (tertiary/aromatic N) is 3. The molecule has 1 aromatic heterocycles. The van der Waals surface area contributed by atoms with Gasteiger partial charge in [0.05, 0.1) is 13.2 Å². The lowest BCUT2D eigenvalue weighted by atomic mass is 10.0. The van der Waals surface area contributed by atoms with Crippen LogP contribution in [-0.4, -0.2) is 39.3 Å². The van der Waals surface area contributed by atoms with E-state index in [0.29, 0.717) is 23.3 Å². The van der Waals surface area contributed by atoms with Crippen molar-refractivity contribution < 1.29 is 9.63 Å². The normalized spacial score (nSPS) is 19.8. The van der Waals surface area contributed by atoms with Crippen LogP contribution in [0, 0.1) is 0 Å². The van der Waals surface area contributed by atoms with Crippen molar-refractivity contribution in [1.82, 2.24) is 15.0 Å². The number of aromatic nitrogens is 2. The second kappa shape index (κ2) is 6.56. The molecule has 112 valence electrons. The fourth-order valence-electron chi connectivity index (χ4n) is 2.68. The Hall–Kier alpha value is -1.43. The van der Waals surface area contributed by atoms with Gasteiger partial charge in [-0.3, -0.25) is 4.90 Å². The summed E-state index contributed by atoms with van der Waals surface area (Å²) in [5, 5.41) is 14.1. The summed E-state index contributed by atoms with van der Waals surface area (Å²) in [4.78, 5) is 6.64. The van der Waals surface area contributed by atoms with Gasteiger partial charge in [-0.2, -0.15) is 4.98 Å². The van der Waals surface area contributed by atoms with Crippen molar-refractivity contribution in [3.8, 4) is 11.4 Å². The number of aliphatic hydroxyl groups is 1. The minimum atomic E-state index is 0.179. The van der Waals surface area contributed by atoms with Crippen molar-refractivity contribution in [3.63, 3.8) is 0 Å². The van der Waals surface area contributed by atoms with Crippen molar-refractivity contribution in [2.45, 2.75) is 31.8 Å². The highest BCUT2D eigenvalue weighted by Gasteiger charge is 2.23. The minimum Gasteiger partial charge on any atom is -0.395 e. The summed E-state index contributed by atoms with van der Waals surface area (Å²) >= 11 is 5.87. The molecular formula is C15H18ClN3O2. The highest BCUT2D eigenvalue weighted by molar-refractivity contribution is 6.30. The molecule has 1 fully saturated rings. The largest absolute Gasteiger partial charge is 0.395 e. The van der Waals surface area contributed by atoms with Gasteiger partial charge in [0.25, 0.3) is 0 Å². The Balaban J connectivity index is 1.71. The number of benzene rings is 1. The van der Waals surface area contributed by atoms with E-state index in [0.717, 1.165) is 24.9 Å². The molecule has 0 amide bonds. The average Bonchev–Trinajstić information content (AvgIpc) is 2.97. The number of rotatable bonds is 4. The van der Waals surface area contributed by atoms with Gasteiger partial charge < -0.3 is 9.63 Å². The van der Waals surface area contributed by atoms with E-state index in [1.165, 1.54) is 6.42 Å². The molecule has 1 aromatic carbocycles. The third kappa shape index (κ3) is 3.43. The maximum atomic E-state index is 9.43. The van der Waals surface area contributed by atoms with E-state index in [9.17, 15) is 5.11 Å². The van der Waals surface area contributed by atoms with Crippen LogP contribution in [0.2, 0.25) is 5.02 Å². The third-order valence-electron chi connectivity index (χ3n) is 3.87. The van der Waals surface area contributed by atoms with Crippen molar-refractivity contribution in [1.29, 1.82) is 0 Å². The second-order valence-corrected chi connectivity index (χ2v) is 5.76. The predicted molar refractivity (Wildman–Crippen MR) is 79.9 cm³/mol. The maximum Gasteiger partial charge on any atom is 0.241 e. The topological polar surface area (TPSA) is 62.4 Å². The zero-order valence-electron chi connectivity index (χ0n) is 11.7. The van der Waals surface area contributed by atoms with Crippen LogP contribution in [0.1, 0.15) is 25.2 Å². The first-order valence-corrected chi connectivity index (χ1v) is 7.57. The van der Waals surface area contributed by atoms with Gasteiger partial charge >= 0.3 is 0 Å². The zero-order chi connectivity index (χ0) is 14.7. The molecule has 1 atom stereocenters. The highest BCUT2D eigenvalue weighted by Crippen LogP contribution is 2.21. The predicted octanol–water partition coefficient (Wildman–Crippen LogP) is 2.74. The van der Waals surface area contributed by atoms with Crippen LogP contribution in [-0.2, 0) is 6.54 Å². The lowest BCUT2D eigenvalue weighted by Gasteiger charge is -2.33. The number of piperidine rings is 1. The Morgan fingerprint density at radius 1 is 1.29 bits per heavy atom. The molecule has 2 heterocycles. The molecule has 0 spiro atoms. The molecule has 1 unspecified atom stereocenters. The van der Waals surface area contributed by atoms with Gasteiger partial charge in [0.2, 0.25) is 11.7 Å². The Labute approximate surface area is 128 Å². The molecule has 1 N–H and O–H groups in total. The van der Waals surface area contributed by atoms with Gasteiger partial charge in [-0.15, -0.1) is 0 Å². The molecule has 2 aromatic rings. The van der Waals surface area contributed by atoms with Crippen LogP contribution in [0.4, 0.5) is 0 Å². The van der Waals surface area contributed by atoms with E-state index >= 15 is 0 Å². The molecular weight excluding hydrogens is 290 g/mol. The second-order valence-electron chi connectivity index (χ2n) is 5.32. The van der Waals surface area contributed by atoms with Gasteiger partial charge in [0, 0.05) is 16.6 Å². The number of aliphatic hydroxyl groups excluding tert-OH is 1. The highest BCUT2D eigenvalue weighted by atomic mass is 35.5. The zero-order valence-corrected chi connectivity index (χ0v) is 12.5. The molecule has 1 aliphatic rings. The van der Waals surface area contributed by atoms with E-state index in [1.807, 2.05) is 12.1 Å². The third-order valence-corrected chi connectivity index (χ3v) is 4.12. The van der Waals surface area contributed by atoms with Crippen LogP contribution >= 0.6 is 11.6 Å². The van der Waals surface area contributed by atoms with Crippen LogP contribution in [0.5, 0.6) is 0 Å². The SMILES string of the molecule is OCC1CCCCN1Cc1nc(-c2ccc(Cl)cc2)no1. The first-order valence-electron chi connectivity index (χ1n) is 7.19. The summed E-state index contributed by atoms with van der Waals surface area (Å²) in [5.74, 6) is 1.15. The summed E-state index contributed by atoms with van der Waals surface area (Å²) in [7, 11) is 0. The fraction of sp³-hybridized carbons (Fsp3) is 0.467. The summed E-state index contributed by atoms with van der Waals surface area (Å²) < 4.78 is 5.33. The molecule has 0 bridgehead atoms. The van der Waals surface area contributed by atoms with Crippen molar-refractivity contribution in [2.24, 2.45) is 0 Å². The molecule has 5 nitrogen and oxygen atoms in total. The average molecular weight is 308 g/mol. The van der Waals surface area contributed by atoms with Crippen molar-refractivity contribution in [3.05, 3.63) is 35.2 Å². The molecule has 21 heavy (non-hydrogen) atoms. The van der Waals surface area contributed by atoms with E-state index < -0.39 is 0 Å². The first kappa shape index (κ1) is 14.5. The summed E-state index contributed by atoms with van der Waals surface area (Å²) in [5.41, 5.74) is 0.881. The number of hydrogen-bond acceptors (Lipinski definition) is 5. The van der Waals surface area contributed by atoms with Crippen LogP contribution in [0.3, 0.4) is 0 Å². The van der Waals surface area contributed by atoms with Gasteiger partial charge in [-0.05, 0) is 43.7 Å². The number of halogens is 1. The fourth-order valence-corrected chi connectivity index (χ4v) is 2.81. The van der Waals surface area contributed by atoms with Crippen LogP contribution < -0.4 is 0 Å². The molecule has 0 radical (unpaired) electrons. The smallest absolute Gasteiger partial charge is 0.241 e. The molecule has 1 saturated heterocycles. The number of likely N-dealkylation sites (tertiary alicyclic amines) is 1. The van der Waals surface area contributed by atoms with E-state index in [4.69, 9.17) is 16.1 Å². The van der Waals surface area contributed by atoms with Crippen LogP contribution in [0.25, 0.3) is 11.4 Å². The quantitative estimate of drug-likeness (QED) is 0.941. The Bertz CT molecular complexity index is 585. The summed E-state index contributed by atoms with van der Waals surface area (Å²) in [6, 6.07) is 7.55. The molecule has 0 saturated carbocycles. The molecule has 0 aliphatic carbocycles. The standard InChI is InChI=1S/C15H18ClN3O2/c16-12-6-4-11(5-7-12)15-17-14(21-18-15)9-19-8-2-1-3-13(19)10-20/h4-7,13,20H,1-3,8-10H2. The summed E-state index contributed by atoms with van der Waals surface area (Å²) in [6.07, 6.45) is 3.34. The summed E-state index contributed by atoms with van der Waals surface area (Å²) in [6.45, 7) is 1.73. The van der Waals surface area contributed by atoms with Crippen molar-refractivity contribution >= 4 is 11.6 Å². The molecule has 1 aliphatic heterocycles. The molecule has 3 rings (SSSR count). The van der Waals surface area contributed by atoms with Gasteiger partial charge in [-0.1, -0.05) is 23.2 Å². The monoisotopic (exact) mass is 307 g/mol. The lowest BCUT2D eigenvalue weighted by molar-refractivity contribution is 0.0749. The Kier molecular flexibility index (Phi) is 4.53. The Morgan fingerprint density at radius 2 is 2.10 bits per heavy atom. The lowest BCUT2D eigenvalue weighted by Crippen LogP contribution is -2.41. The molecule has 6 heteroatoms. The van der Waals surface area contributed by atoms with E-state index in [2.05, 4.69) is 15.0 Å². The Morgan fingerprint density at radius 3 is 2.86 bits per heavy atom. The van der Waals surface area contributed by atoms with Crippen LogP contribution in [0.15, 0.2) is 28.8 Å². The van der Waals surface area contributed by atoms with Gasteiger partial charge in [0.15, 0.2) is 0 Å². The maximum absolute atomic E-state index is 9.43. The first-order chi connectivity index (χ1) is 10.3. The van der Waals surface area contributed by atoms with E-state index in [1.54, 1.807) is 12.1 Å². The number of hydrogen-bond donors (Lipinski definition) is 1. The van der Waals surface area contributed by atoms with E-state index in [-0.39, 0.29) is 12.6 Å². The van der Waals surface area contributed by atoms with Gasteiger partial charge in [0.1, 0.15) is 0 Å². The minimum absolute atomic E-state index is 0.179.